The van der Waals surface area contributed by atoms with Gasteiger partial charge in [-0.2, -0.15) is 10.2 Å². The number of aromatic amines is 1. The van der Waals surface area contributed by atoms with Gasteiger partial charge in [0.25, 0.3) is 0 Å². The highest BCUT2D eigenvalue weighted by molar-refractivity contribution is 6.06. The molecule has 3 aromatic heterocycles. The molecule has 1 saturated carbocycles. The number of aromatic nitrogens is 4. The number of nitrogens with one attached hydrogen (secondary N) is 2. The van der Waals surface area contributed by atoms with Gasteiger partial charge in [-0.25, -0.2) is 9.51 Å². The zero-order valence-corrected chi connectivity index (χ0v) is 19.7. The van der Waals surface area contributed by atoms with Gasteiger partial charge in [-0.1, -0.05) is 26.0 Å². The van der Waals surface area contributed by atoms with Gasteiger partial charge in [0.05, 0.1) is 34.8 Å². The zero-order chi connectivity index (χ0) is 23.2. The number of aryl methyl sites for hydroxylation is 2. The van der Waals surface area contributed by atoms with Crippen molar-refractivity contribution in [3.8, 4) is 11.1 Å². The van der Waals surface area contributed by atoms with Crippen LogP contribution in [0.15, 0.2) is 54.0 Å². The van der Waals surface area contributed by atoms with Gasteiger partial charge in [0.2, 0.25) is 0 Å². The van der Waals surface area contributed by atoms with Crippen LogP contribution in [0.2, 0.25) is 0 Å². The molecule has 0 amide bonds. The fourth-order valence-electron chi connectivity index (χ4n) is 4.76. The molecule has 5 rings (SSSR count). The smallest absolute Gasteiger partial charge is 0.135 e. The summed E-state index contributed by atoms with van der Waals surface area (Å²) in [5.74, 6) is 0.463. The van der Waals surface area contributed by atoms with E-state index in [1.807, 2.05) is 29.3 Å². The molecule has 0 bridgehead atoms. The molecule has 0 aliphatic heterocycles. The first kappa shape index (κ1) is 21.2. The number of H-pyrrole nitrogens is 1. The van der Waals surface area contributed by atoms with Crippen LogP contribution in [-0.2, 0) is 0 Å². The Morgan fingerprint density at radius 2 is 2.06 bits per heavy atom. The van der Waals surface area contributed by atoms with Gasteiger partial charge < -0.3 is 11.1 Å². The van der Waals surface area contributed by atoms with Crippen molar-refractivity contribution in [1.29, 1.82) is 0 Å². The lowest BCUT2D eigenvalue weighted by Crippen LogP contribution is -2.23. The number of fused-ring (bicyclic) bond motifs is 1. The van der Waals surface area contributed by atoms with E-state index in [9.17, 15) is 0 Å². The molecule has 170 valence electrons. The summed E-state index contributed by atoms with van der Waals surface area (Å²) in [5, 5.41) is 15.5. The third-order valence-electron chi connectivity index (χ3n) is 6.67. The number of amidine groups is 1. The maximum Gasteiger partial charge on any atom is 0.135 e. The first-order valence-corrected chi connectivity index (χ1v) is 11.5. The summed E-state index contributed by atoms with van der Waals surface area (Å²) in [4.78, 5) is 4.81. The van der Waals surface area contributed by atoms with Crippen LogP contribution in [0.4, 0.5) is 11.4 Å². The fourth-order valence-corrected chi connectivity index (χ4v) is 4.76. The normalized spacial score (nSPS) is 18.2. The summed E-state index contributed by atoms with van der Waals surface area (Å²) < 4.78 is 1.90. The quantitative estimate of drug-likeness (QED) is 0.287. The van der Waals surface area contributed by atoms with Gasteiger partial charge >= 0.3 is 0 Å². The summed E-state index contributed by atoms with van der Waals surface area (Å²) in [7, 11) is 0. The average Bonchev–Trinajstić information content (AvgIpc) is 3.50. The zero-order valence-electron chi connectivity index (χ0n) is 19.7. The first-order valence-electron chi connectivity index (χ1n) is 11.5. The van der Waals surface area contributed by atoms with Crippen LogP contribution in [0.1, 0.15) is 49.8 Å². The second-order valence-corrected chi connectivity index (χ2v) is 10.0. The second kappa shape index (κ2) is 8.06. The highest BCUT2D eigenvalue weighted by atomic mass is 15.2. The molecular weight excluding hydrogens is 410 g/mol. The lowest BCUT2D eigenvalue weighted by molar-refractivity contribution is 0.378. The van der Waals surface area contributed by atoms with Crippen LogP contribution < -0.4 is 11.1 Å². The van der Waals surface area contributed by atoms with E-state index in [1.54, 1.807) is 0 Å². The molecule has 1 fully saturated rings. The van der Waals surface area contributed by atoms with Crippen molar-refractivity contribution in [2.45, 2.75) is 53.0 Å². The van der Waals surface area contributed by atoms with Crippen molar-refractivity contribution in [3.63, 3.8) is 0 Å². The van der Waals surface area contributed by atoms with Crippen LogP contribution in [0.5, 0.6) is 0 Å². The van der Waals surface area contributed by atoms with E-state index in [1.165, 1.54) is 6.42 Å². The topological polar surface area (TPSA) is 96.4 Å². The molecule has 4 aromatic rings. The van der Waals surface area contributed by atoms with E-state index in [-0.39, 0.29) is 0 Å². The van der Waals surface area contributed by atoms with E-state index >= 15 is 0 Å². The highest BCUT2D eigenvalue weighted by Gasteiger charge is 2.31. The van der Waals surface area contributed by atoms with E-state index < -0.39 is 0 Å². The Morgan fingerprint density at radius 1 is 1.21 bits per heavy atom. The van der Waals surface area contributed by atoms with E-state index in [0.717, 1.165) is 57.6 Å². The molecule has 1 aliphatic rings. The van der Waals surface area contributed by atoms with Crippen molar-refractivity contribution in [3.05, 3.63) is 65.7 Å². The summed E-state index contributed by atoms with van der Waals surface area (Å²) in [5.41, 5.74) is 14.9. The largest absolute Gasteiger partial charge is 0.383 e. The Hall–Kier alpha value is -3.61. The first-order chi connectivity index (χ1) is 15.8. The minimum absolute atomic E-state index is 0.337. The van der Waals surface area contributed by atoms with E-state index in [4.69, 9.17) is 10.7 Å². The molecule has 1 unspecified atom stereocenters. The van der Waals surface area contributed by atoms with Gasteiger partial charge in [0, 0.05) is 29.6 Å². The Bertz CT molecular complexity index is 1330. The van der Waals surface area contributed by atoms with E-state index in [0.29, 0.717) is 17.3 Å². The number of benzene rings is 1. The summed E-state index contributed by atoms with van der Waals surface area (Å²) >= 11 is 0. The molecule has 3 heterocycles. The summed E-state index contributed by atoms with van der Waals surface area (Å²) in [6, 6.07) is 8.74. The molecule has 1 aliphatic carbocycles. The van der Waals surface area contributed by atoms with Gasteiger partial charge in [0.15, 0.2) is 0 Å². The third-order valence-corrected chi connectivity index (χ3v) is 6.67. The van der Waals surface area contributed by atoms with Gasteiger partial charge in [0.1, 0.15) is 5.84 Å². The molecule has 0 spiro atoms. The van der Waals surface area contributed by atoms with Gasteiger partial charge in [-0.15, -0.1) is 0 Å². The van der Waals surface area contributed by atoms with Gasteiger partial charge in [-0.05, 0) is 61.8 Å². The maximum absolute atomic E-state index is 6.61. The maximum atomic E-state index is 6.61. The lowest BCUT2D eigenvalue weighted by atomic mass is 9.92. The van der Waals surface area contributed by atoms with Crippen molar-refractivity contribution >= 4 is 22.7 Å². The minimum atomic E-state index is 0.337. The lowest BCUT2D eigenvalue weighted by Gasteiger charge is -2.21. The molecule has 7 nitrogen and oxygen atoms in total. The predicted molar refractivity (Wildman–Crippen MR) is 134 cm³/mol. The molecule has 1 aromatic carbocycles. The van der Waals surface area contributed by atoms with Crippen LogP contribution >= 0.6 is 0 Å². The average molecular weight is 442 g/mol. The third kappa shape index (κ3) is 4.23. The van der Waals surface area contributed by atoms with Crippen LogP contribution in [-0.4, -0.2) is 31.7 Å². The Balaban J connectivity index is 1.62. The predicted octanol–water partition coefficient (Wildman–Crippen LogP) is 5.37. The molecule has 0 saturated heterocycles. The Labute approximate surface area is 194 Å². The Kier molecular flexibility index (Phi) is 5.19. The SMILES string of the molecule is Cc1ccc(C)c(N=C(N)c2cnn3cc(-c4cn[nH]c4)cc3c2NC2CCC(C)(C)C2)c1. The number of hydrogen-bond acceptors (Lipinski definition) is 4. The number of nitrogens with two attached hydrogens (primary N) is 1. The van der Waals surface area contributed by atoms with Crippen LogP contribution in [0.3, 0.4) is 0 Å². The highest BCUT2D eigenvalue weighted by Crippen LogP contribution is 2.39. The summed E-state index contributed by atoms with van der Waals surface area (Å²) in [6.45, 7) is 8.79. The number of rotatable bonds is 5. The van der Waals surface area contributed by atoms with Crippen LogP contribution in [0, 0.1) is 19.3 Å². The number of nitrogens with zero attached hydrogens (tertiary/aromatic N) is 4. The molecular formula is C26H31N7. The summed E-state index contributed by atoms with van der Waals surface area (Å²) in [6.07, 6.45) is 11.0. The van der Waals surface area contributed by atoms with Crippen molar-refractivity contribution in [1.82, 2.24) is 19.8 Å². The van der Waals surface area contributed by atoms with Gasteiger partial charge in [-0.3, -0.25) is 5.10 Å². The molecule has 0 radical (unpaired) electrons. The molecule has 1 atom stereocenters. The fraction of sp³-hybridized carbons (Fsp3) is 0.346. The number of anilines is 1. The van der Waals surface area contributed by atoms with Crippen molar-refractivity contribution in [2.24, 2.45) is 16.1 Å². The van der Waals surface area contributed by atoms with Crippen LogP contribution in [0.25, 0.3) is 16.6 Å². The minimum Gasteiger partial charge on any atom is -0.383 e. The number of hydrogen-bond donors (Lipinski definition) is 3. The standard InChI is InChI=1S/C26H31N7/c1-16-5-6-17(2)22(9-16)32-25(27)21-14-30-33-15-18(19-12-28-29-13-19)10-23(33)24(21)31-20-7-8-26(3,4)11-20/h5-6,9-10,12-15,20,31H,7-8,11H2,1-4H3,(H2,27,32)(H,28,29). The molecule has 33 heavy (non-hydrogen) atoms. The Morgan fingerprint density at radius 3 is 2.79 bits per heavy atom. The number of aliphatic imine (C=N–C) groups is 1. The van der Waals surface area contributed by atoms with Crippen molar-refractivity contribution < 1.29 is 0 Å². The van der Waals surface area contributed by atoms with Crippen molar-refractivity contribution in [2.75, 3.05) is 5.32 Å². The molecule has 7 heteroatoms. The van der Waals surface area contributed by atoms with E-state index in [2.05, 4.69) is 72.6 Å². The second-order valence-electron chi connectivity index (χ2n) is 10.0. The molecule has 4 N–H and O–H groups in total. The monoisotopic (exact) mass is 441 g/mol.